The number of ether oxygens (including phenoxy) is 1. The van der Waals surface area contributed by atoms with Crippen LogP contribution < -0.4 is 0 Å². The zero-order valence-corrected chi connectivity index (χ0v) is 8.21. The van der Waals surface area contributed by atoms with Crippen LogP contribution in [0.1, 0.15) is 20.3 Å². The Balaban J connectivity index is 2.54. The van der Waals surface area contributed by atoms with Crippen LogP contribution in [0.5, 0.6) is 0 Å². The van der Waals surface area contributed by atoms with E-state index in [1.807, 2.05) is 0 Å². The summed E-state index contributed by atoms with van der Waals surface area (Å²) in [6.45, 7) is 6.10. The number of rotatable bonds is 2. The molecule has 3 heteroatoms. The van der Waals surface area contributed by atoms with Gasteiger partial charge in [0.05, 0.1) is 13.2 Å². The number of aliphatic hydroxyl groups is 1. The van der Waals surface area contributed by atoms with E-state index in [2.05, 4.69) is 25.8 Å². The highest BCUT2D eigenvalue weighted by Crippen LogP contribution is 2.22. The largest absolute Gasteiger partial charge is 0.396 e. The van der Waals surface area contributed by atoms with Crippen molar-refractivity contribution in [2.45, 2.75) is 31.8 Å². The molecule has 0 aromatic carbocycles. The third kappa shape index (κ3) is 1.97. The number of morpholine rings is 1. The van der Waals surface area contributed by atoms with Gasteiger partial charge in [-0.15, -0.1) is 0 Å². The minimum atomic E-state index is 0.109. The van der Waals surface area contributed by atoms with Crippen molar-refractivity contribution >= 4 is 0 Å². The molecule has 0 radical (unpaired) electrons. The highest BCUT2D eigenvalue weighted by atomic mass is 16.5. The Morgan fingerprint density at radius 2 is 2.25 bits per heavy atom. The van der Waals surface area contributed by atoms with Crippen molar-refractivity contribution in [3.63, 3.8) is 0 Å². The van der Waals surface area contributed by atoms with Crippen LogP contribution in [-0.4, -0.2) is 48.5 Å². The van der Waals surface area contributed by atoms with Crippen LogP contribution >= 0.6 is 0 Å². The first-order valence-corrected chi connectivity index (χ1v) is 4.49. The third-order valence-electron chi connectivity index (χ3n) is 2.73. The molecule has 0 aliphatic carbocycles. The van der Waals surface area contributed by atoms with E-state index in [4.69, 9.17) is 9.84 Å². The number of hydrogen-bond acceptors (Lipinski definition) is 3. The van der Waals surface area contributed by atoms with Gasteiger partial charge in [-0.05, 0) is 27.3 Å². The normalized spacial score (nSPS) is 30.5. The minimum Gasteiger partial charge on any atom is -0.396 e. The maximum Gasteiger partial charge on any atom is 0.0645 e. The molecule has 1 aliphatic rings. The summed E-state index contributed by atoms with van der Waals surface area (Å²) in [6.07, 6.45) is 0.805. The van der Waals surface area contributed by atoms with Crippen LogP contribution in [0, 0.1) is 0 Å². The Bertz CT molecular complexity index is 145. The summed E-state index contributed by atoms with van der Waals surface area (Å²) in [5.74, 6) is 0. The van der Waals surface area contributed by atoms with E-state index in [9.17, 15) is 0 Å². The third-order valence-corrected chi connectivity index (χ3v) is 2.73. The van der Waals surface area contributed by atoms with Crippen LogP contribution in [0.3, 0.4) is 0 Å². The first-order valence-electron chi connectivity index (χ1n) is 4.49. The molecule has 1 fully saturated rings. The lowest BCUT2D eigenvalue weighted by Crippen LogP contribution is -2.56. The van der Waals surface area contributed by atoms with Crippen molar-refractivity contribution in [2.24, 2.45) is 0 Å². The average molecular weight is 173 g/mol. The molecule has 0 aromatic rings. The van der Waals surface area contributed by atoms with E-state index in [1.54, 1.807) is 0 Å². The van der Waals surface area contributed by atoms with Crippen LogP contribution in [0.2, 0.25) is 0 Å². The predicted molar refractivity (Wildman–Crippen MR) is 48.2 cm³/mol. The Kier molecular flexibility index (Phi) is 3.09. The molecule has 72 valence electrons. The maximum atomic E-state index is 8.82. The van der Waals surface area contributed by atoms with Crippen LogP contribution in [0.15, 0.2) is 0 Å². The average Bonchev–Trinajstić information content (AvgIpc) is 1.99. The second kappa shape index (κ2) is 3.73. The van der Waals surface area contributed by atoms with Gasteiger partial charge >= 0.3 is 0 Å². The lowest BCUT2D eigenvalue weighted by Gasteiger charge is -2.45. The summed E-state index contributed by atoms with van der Waals surface area (Å²) in [5.41, 5.74) is 0.109. The van der Waals surface area contributed by atoms with E-state index in [0.29, 0.717) is 6.04 Å². The Labute approximate surface area is 74.3 Å². The fourth-order valence-corrected chi connectivity index (χ4v) is 1.58. The minimum absolute atomic E-state index is 0.109. The standard InChI is InChI=1S/C9H19NO2/c1-9(2)7-12-6-8(4-5-11)10(9)3/h8,11H,4-7H2,1-3H3. The summed E-state index contributed by atoms with van der Waals surface area (Å²) < 4.78 is 5.47. The van der Waals surface area contributed by atoms with Crippen LogP contribution in [-0.2, 0) is 4.74 Å². The lowest BCUT2D eigenvalue weighted by atomic mass is 9.99. The van der Waals surface area contributed by atoms with Gasteiger partial charge in [0.25, 0.3) is 0 Å². The van der Waals surface area contributed by atoms with Gasteiger partial charge in [-0.3, -0.25) is 4.90 Å². The number of likely N-dealkylation sites (N-methyl/N-ethyl adjacent to an activating group) is 1. The molecular weight excluding hydrogens is 154 g/mol. The summed E-state index contributed by atoms with van der Waals surface area (Å²) in [7, 11) is 2.10. The smallest absolute Gasteiger partial charge is 0.0645 e. The van der Waals surface area contributed by atoms with Gasteiger partial charge in [-0.1, -0.05) is 0 Å². The SMILES string of the molecule is CN1C(CCO)COCC1(C)C. The predicted octanol–water partition coefficient (Wildman–Crippen LogP) is 0.478. The molecule has 0 bridgehead atoms. The maximum absolute atomic E-state index is 8.82. The fourth-order valence-electron chi connectivity index (χ4n) is 1.58. The van der Waals surface area contributed by atoms with E-state index in [0.717, 1.165) is 19.6 Å². The number of hydrogen-bond donors (Lipinski definition) is 1. The first-order chi connectivity index (χ1) is 5.58. The summed E-state index contributed by atoms with van der Waals surface area (Å²) in [4.78, 5) is 2.30. The zero-order chi connectivity index (χ0) is 9.19. The van der Waals surface area contributed by atoms with Gasteiger partial charge in [0.1, 0.15) is 0 Å². The first kappa shape index (κ1) is 9.96. The summed E-state index contributed by atoms with van der Waals surface area (Å²) >= 11 is 0. The molecule has 1 heterocycles. The molecule has 1 atom stereocenters. The molecule has 0 aromatic heterocycles. The van der Waals surface area contributed by atoms with Gasteiger partial charge in [-0.25, -0.2) is 0 Å². The van der Waals surface area contributed by atoms with Gasteiger partial charge < -0.3 is 9.84 Å². The van der Waals surface area contributed by atoms with Crippen molar-refractivity contribution in [1.82, 2.24) is 4.90 Å². The zero-order valence-electron chi connectivity index (χ0n) is 8.21. The topological polar surface area (TPSA) is 32.7 Å². The van der Waals surface area contributed by atoms with Crippen molar-refractivity contribution in [3.8, 4) is 0 Å². The van der Waals surface area contributed by atoms with Crippen molar-refractivity contribution in [3.05, 3.63) is 0 Å². The van der Waals surface area contributed by atoms with Gasteiger partial charge in [0.2, 0.25) is 0 Å². The van der Waals surface area contributed by atoms with Gasteiger partial charge in [0.15, 0.2) is 0 Å². The van der Waals surface area contributed by atoms with Crippen LogP contribution in [0.25, 0.3) is 0 Å². The van der Waals surface area contributed by atoms with Crippen molar-refractivity contribution < 1.29 is 9.84 Å². The highest BCUT2D eigenvalue weighted by molar-refractivity contribution is 4.87. The Morgan fingerprint density at radius 1 is 1.58 bits per heavy atom. The molecule has 3 nitrogen and oxygen atoms in total. The molecule has 1 rings (SSSR count). The second-order valence-electron chi connectivity index (χ2n) is 4.10. The fraction of sp³-hybridized carbons (Fsp3) is 1.00. The van der Waals surface area contributed by atoms with Crippen molar-refractivity contribution in [2.75, 3.05) is 26.9 Å². The number of aliphatic hydroxyl groups excluding tert-OH is 1. The van der Waals surface area contributed by atoms with E-state index >= 15 is 0 Å². The molecular formula is C9H19NO2. The molecule has 0 spiro atoms. The van der Waals surface area contributed by atoms with Gasteiger partial charge in [0, 0.05) is 18.2 Å². The van der Waals surface area contributed by atoms with E-state index in [-0.39, 0.29) is 12.1 Å². The van der Waals surface area contributed by atoms with E-state index in [1.165, 1.54) is 0 Å². The quantitative estimate of drug-likeness (QED) is 0.659. The van der Waals surface area contributed by atoms with Gasteiger partial charge in [-0.2, -0.15) is 0 Å². The molecule has 0 amide bonds. The number of nitrogens with zero attached hydrogens (tertiary/aromatic N) is 1. The second-order valence-corrected chi connectivity index (χ2v) is 4.10. The highest BCUT2D eigenvalue weighted by Gasteiger charge is 2.33. The molecule has 1 saturated heterocycles. The molecule has 12 heavy (non-hydrogen) atoms. The summed E-state index contributed by atoms with van der Waals surface area (Å²) in [5, 5.41) is 8.82. The lowest BCUT2D eigenvalue weighted by molar-refractivity contribution is -0.0809. The molecule has 1 unspecified atom stereocenters. The Morgan fingerprint density at radius 3 is 2.83 bits per heavy atom. The monoisotopic (exact) mass is 173 g/mol. The molecule has 0 saturated carbocycles. The van der Waals surface area contributed by atoms with E-state index < -0.39 is 0 Å². The van der Waals surface area contributed by atoms with Crippen LogP contribution in [0.4, 0.5) is 0 Å². The Hall–Kier alpha value is -0.120. The molecule has 1 N–H and O–H groups in total. The van der Waals surface area contributed by atoms with Crippen molar-refractivity contribution in [1.29, 1.82) is 0 Å². The molecule has 1 aliphatic heterocycles. The summed E-state index contributed by atoms with van der Waals surface area (Å²) in [6, 6.07) is 0.374.